The van der Waals surface area contributed by atoms with E-state index >= 15 is 0 Å². The van der Waals surface area contributed by atoms with Gasteiger partial charge in [-0.25, -0.2) is 0 Å². The summed E-state index contributed by atoms with van der Waals surface area (Å²) in [7, 11) is 0. The van der Waals surface area contributed by atoms with Crippen molar-refractivity contribution >= 4 is 11.6 Å². The van der Waals surface area contributed by atoms with Crippen LogP contribution in [0.4, 0.5) is 5.69 Å². The molecule has 3 aromatic rings. The first kappa shape index (κ1) is 16.5. The Morgan fingerprint density at radius 1 is 1.04 bits per heavy atom. The third-order valence-electron chi connectivity index (χ3n) is 4.81. The van der Waals surface area contributed by atoms with Gasteiger partial charge in [0, 0.05) is 5.56 Å². The number of nitrogens with zero attached hydrogens (tertiary/aromatic N) is 2. The van der Waals surface area contributed by atoms with Crippen LogP contribution in [0.3, 0.4) is 0 Å². The third-order valence-corrected chi connectivity index (χ3v) is 4.81. The molecule has 1 heterocycles. The second kappa shape index (κ2) is 6.72. The molecular weight excluding hydrogens is 328 g/mol. The molecule has 1 aliphatic rings. The van der Waals surface area contributed by atoms with Crippen LogP contribution < -0.4 is 11.1 Å². The molecule has 26 heavy (non-hydrogen) atoms. The standard InChI is InChI=1S/C20H20N4O2/c21-20(12-6-7-13-20)19-23-18(26-24-19)15-10-4-5-11-16(15)22-17(25)14-8-2-1-3-9-14/h1-5,8-11H,6-7,12-13,21H2,(H,22,25). The van der Waals surface area contributed by atoms with Crippen LogP contribution in [0, 0.1) is 0 Å². The maximum atomic E-state index is 12.5. The Morgan fingerprint density at radius 2 is 1.73 bits per heavy atom. The van der Waals surface area contributed by atoms with E-state index in [1.165, 1.54) is 0 Å². The van der Waals surface area contributed by atoms with E-state index in [2.05, 4.69) is 15.5 Å². The summed E-state index contributed by atoms with van der Waals surface area (Å²) in [6.45, 7) is 0. The van der Waals surface area contributed by atoms with Crippen LogP contribution in [0.5, 0.6) is 0 Å². The second-order valence-electron chi connectivity index (χ2n) is 6.65. The summed E-state index contributed by atoms with van der Waals surface area (Å²) >= 11 is 0. The van der Waals surface area contributed by atoms with Crippen molar-refractivity contribution in [3.63, 3.8) is 0 Å². The maximum absolute atomic E-state index is 12.5. The Morgan fingerprint density at radius 3 is 2.50 bits per heavy atom. The number of carbonyl (C=O) groups is 1. The molecule has 0 unspecified atom stereocenters. The normalized spacial score (nSPS) is 15.7. The minimum absolute atomic E-state index is 0.191. The summed E-state index contributed by atoms with van der Waals surface area (Å²) in [5, 5.41) is 7.02. The lowest BCUT2D eigenvalue weighted by molar-refractivity contribution is 0.102. The molecular formula is C20H20N4O2. The lowest BCUT2D eigenvalue weighted by Gasteiger charge is -2.17. The largest absolute Gasteiger partial charge is 0.334 e. The number of rotatable bonds is 4. The SMILES string of the molecule is NC1(c2noc(-c3ccccc3NC(=O)c3ccccc3)n2)CCCC1. The molecule has 1 fully saturated rings. The highest BCUT2D eigenvalue weighted by Gasteiger charge is 2.36. The zero-order valence-electron chi connectivity index (χ0n) is 14.3. The third kappa shape index (κ3) is 3.11. The molecule has 1 aromatic heterocycles. The number of carbonyl (C=O) groups excluding carboxylic acids is 1. The molecule has 0 saturated heterocycles. The van der Waals surface area contributed by atoms with Crippen molar-refractivity contribution in [2.75, 3.05) is 5.32 Å². The number of nitrogens with one attached hydrogen (secondary N) is 1. The van der Waals surface area contributed by atoms with Crippen molar-refractivity contribution in [2.45, 2.75) is 31.2 Å². The van der Waals surface area contributed by atoms with E-state index in [1.807, 2.05) is 42.5 Å². The quantitative estimate of drug-likeness (QED) is 0.749. The fraction of sp³-hybridized carbons (Fsp3) is 0.250. The van der Waals surface area contributed by atoms with Gasteiger partial charge >= 0.3 is 0 Å². The molecule has 0 aliphatic heterocycles. The maximum Gasteiger partial charge on any atom is 0.260 e. The first-order valence-corrected chi connectivity index (χ1v) is 8.75. The van der Waals surface area contributed by atoms with Gasteiger partial charge in [0.15, 0.2) is 5.82 Å². The highest BCUT2D eigenvalue weighted by molar-refractivity contribution is 6.05. The first-order chi connectivity index (χ1) is 12.7. The second-order valence-corrected chi connectivity index (χ2v) is 6.65. The smallest absolute Gasteiger partial charge is 0.260 e. The van der Waals surface area contributed by atoms with Crippen LogP contribution >= 0.6 is 0 Å². The van der Waals surface area contributed by atoms with E-state index in [0.29, 0.717) is 28.5 Å². The topological polar surface area (TPSA) is 94.0 Å². The van der Waals surface area contributed by atoms with Crippen LogP contribution in [0.2, 0.25) is 0 Å². The van der Waals surface area contributed by atoms with Gasteiger partial charge in [-0.2, -0.15) is 4.98 Å². The summed E-state index contributed by atoms with van der Waals surface area (Å²) in [6.07, 6.45) is 3.87. The summed E-state index contributed by atoms with van der Waals surface area (Å²) in [5.41, 5.74) is 7.78. The molecule has 1 amide bonds. The van der Waals surface area contributed by atoms with E-state index in [9.17, 15) is 4.79 Å². The Kier molecular flexibility index (Phi) is 4.26. The zero-order chi connectivity index (χ0) is 18.0. The molecule has 0 bridgehead atoms. The molecule has 1 aliphatic carbocycles. The van der Waals surface area contributed by atoms with Crippen LogP contribution in [0.1, 0.15) is 41.9 Å². The molecule has 4 rings (SSSR count). The van der Waals surface area contributed by atoms with Crippen molar-refractivity contribution in [3.8, 4) is 11.5 Å². The van der Waals surface area contributed by atoms with Crippen LogP contribution in [-0.2, 0) is 5.54 Å². The average molecular weight is 348 g/mol. The number of amides is 1. The molecule has 0 atom stereocenters. The fourth-order valence-corrected chi connectivity index (χ4v) is 3.33. The molecule has 2 aromatic carbocycles. The number of benzene rings is 2. The lowest BCUT2D eigenvalue weighted by atomic mass is 9.98. The van der Waals surface area contributed by atoms with Crippen molar-refractivity contribution in [1.29, 1.82) is 0 Å². The van der Waals surface area contributed by atoms with Gasteiger partial charge in [0.05, 0.1) is 16.8 Å². The van der Waals surface area contributed by atoms with Gasteiger partial charge in [0.2, 0.25) is 0 Å². The molecule has 132 valence electrons. The Labute approximate surface area is 151 Å². The summed E-state index contributed by atoms with van der Waals surface area (Å²) < 4.78 is 5.46. The van der Waals surface area contributed by atoms with Gasteiger partial charge in [-0.15, -0.1) is 0 Å². The summed E-state index contributed by atoms with van der Waals surface area (Å²) in [6, 6.07) is 16.4. The van der Waals surface area contributed by atoms with Crippen molar-refractivity contribution in [1.82, 2.24) is 10.1 Å². The Hall–Kier alpha value is -2.99. The van der Waals surface area contributed by atoms with Gasteiger partial charge in [-0.05, 0) is 37.1 Å². The monoisotopic (exact) mass is 348 g/mol. The molecule has 0 radical (unpaired) electrons. The van der Waals surface area contributed by atoms with Gasteiger partial charge in [0.25, 0.3) is 11.8 Å². The first-order valence-electron chi connectivity index (χ1n) is 8.75. The van der Waals surface area contributed by atoms with Crippen LogP contribution in [0.15, 0.2) is 59.1 Å². The Bertz CT molecular complexity index is 914. The number of hydrogen-bond acceptors (Lipinski definition) is 5. The van der Waals surface area contributed by atoms with Crippen LogP contribution in [-0.4, -0.2) is 16.0 Å². The molecule has 3 N–H and O–H groups in total. The fourth-order valence-electron chi connectivity index (χ4n) is 3.33. The number of nitrogens with two attached hydrogens (primary N) is 1. The van der Waals surface area contributed by atoms with Gasteiger partial charge in [-0.3, -0.25) is 4.79 Å². The van der Waals surface area contributed by atoms with Crippen LogP contribution in [0.25, 0.3) is 11.5 Å². The number of anilines is 1. The predicted molar refractivity (Wildman–Crippen MR) is 98.5 cm³/mol. The van der Waals surface area contributed by atoms with E-state index in [0.717, 1.165) is 25.7 Å². The van der Waals surface area contributed by atoms with Crippen molar-refractivity contribution in [2.24, 2.45) is 5.73 Å². The minimum atomic E-state index is -0.510. The molecule has 0 spiro atoms. The number of aromatic nitrogens is 2. The zero-order valence-corrected chi connectivity index (χ0v) is 14.3. The predicted octanol–water partition coefficient (Wildman–Crippen LogP) is 3.72. The molecule has 6 nitrogen and oxygen atoms in total. The van der Waals surface area contributed by atoms with Crippen molar-refractivity contribution < 1.29 is 9.32 Å². The lowest BCUT2D eigenvalue weighted by Crippen LogP contribution is -2.34. The van der Waals surface area contributed by atoms with E-state index in [4.69, 9.17) is 10.3 Å². The van der Waals surface area contributed by atoms with Crippen molar-refractivity contribution in [3.05, 3.63) is 66.0 Å². The highest BCUT2D eigenvalue weighted by Crippen LogP contribution is 2.36. The Balaban J connectivity index is 1.62. The van der Waals surface area contributed by atoms with E-state index < -0.39 is 5.54 Å². The van der Waals surface area contributed by atoms with E-state index in [-0.39, 0.29) is 5.91 Å². The summed E-state index contributed by atoms with van der Waals surface area (Å²) in [4.78, 5) is 17.0. The average Bonchev–Trinajstić information content (AvgIpc) is 3.33. The van der Waals surface area contributed by atoms with Gasteiger partial charge in [0.1, 0.15) is 0 Å². The van der Waals surface area contributed by atoms with Gasteiger partial charge in [-0.1, -0.05) is 48.3 Å². The minimum Gasteiger partial charge on any atom is -0.334 e. The molecule has 1 saturated carbocycles. The van der Waals surface area contributed by atoms with Gasteiger partial charge < -0.3 is 15.6 Å². The molecule has 6 heteroatoms. The van der Waals surface area contributed by atoms with E-state index in [1.54, 1.807) is 12.1 Å². The summed E-state index contributed by atoms with van der Waals surface area (Å²) in [5.74, 6) is 0.707. The number of para-hydroxylation sites is 1. The number of hydrogen-bond donors (Lipinski definition) is 2. The highest BCUT2D eigenvalue weighted by atomic mass is 16.5.